The molecule has 0 radical (unpaired) electrons. The summed E-state index contributed by atoms with van der Waals surface area (Å²) in [7, 11) is 1.57. The maximum absolute atomic E-state index is 13.1. The summed E-state index contributed by atoms with van der Waals surface area (Å²) < 4.78 is 11.0. The number of methoxy groups -OCH3 is 1. The van der Waals surface area contributed by atoms with Crippen molar-refractivity contribution < 1.29 is 24.2 Å². The Bertz CT molecular complexity index is 997. The van der Waals surface area contributed by atoms with E-state index in [2.05, 4.69) is 6.92 Å². The number of benzene rings is 2. The lowest BCUT2D eigenvalue weighted by Gasteiger charge is -2.25. The molecule has 0 bridgehead atoms. The standard InChI is InChI=1S/C26H31NO5/c1-4-6-7-14-27-23(18-10-8-12-20(16-18)31-3)22(25(29)26(27)30)24(28)19-11-9-13-21(17-19)32-15-5-2/h8-13,16-17,23,28H,4-7,14-15H2,1-3H3/b24-22-. The van der Waals surface area contributed by atoms with E-state index < -0.39 is 17.7 Å². The number of aliphatic hydroxyl groups is 1. The summed E-state index contributed by atoms with van der Waals surface area (Å²) in [5.41, 5.74) is 1.26. The molecule has 0 spiro atoms. The molecule has 1 N–H and O–H groups in total. The maximum atomic E-state index is 13.1. The Labute approximate surface area is 189 Å². The molecule has 6 nitrogen and oxygen atoms in total. The van der Waals surface area contributed by atoms with Crippen molar-refractivity contribution in [2.45, 2.75) is 45.6 Å². The van der Waals surface area contributed by atoms with E-state index in [9.17, 15) is 14.7 Å². The average molecular weight is 438 g/mol. The summed E-state index contributed by atoms with van der Waals surface area (Å²) >= 11 is 0. The topological polar surface area (TPSA) is 76.1 Å². The molecule has 1 heterocycles. The molecule has 1 aliphatic heterocycles. The molecule has 1 atom stereocenters. The van der Waals surface area contributed by atoms with Crippen LogP contribution in [0.3, 0.4) is 0 Å². The van der Waals surface area contributed by atoms with E-state index in [1.165, 1.54) is 0 Å². The number of unbranched alkanes of at least 4 members (excludes halogenated alkanes) is 2. The Morgan fingerprint density at radius 2 is 1.75 bits per heavy atom. The normalized spacial score (nSPS) is 17.6. The number of Topliss-reactive ketones (excluding diaryl/α,β-unsaturated/α-hetero) is 1. The van der Waals surface area contributed by atoms with Crippen molar-refractivity contribution in [3.05, 3.63) is 65.2 Å². The van der Waals surface area contributed by atoms with Crippen LogP contribution in [-0.4, -0.2) is 42.0 Å². The molecular formula is C26H31NO5. The number of amides is 1. The van der Waals surface area contributed by atoms with Gasteiger partial charge < -0.3 is 19.5 Å². The van der Waals surface area contributed by atoms with E-state index in [4.69, 9.17) is 9.47 Å². The number of ketones is 1. The van der Waals surface area contributed by atoms with Gasteiger partial charge in [-0.1, -0.05) is 51.0 Å². The van der Waals surface area contributed by atoms with Gasteiger partial charge in [0.25, 0.3) is 11.7 Å². The molecule has 0 aliphatic carbocycles. The highest BCUT2D eigenvalue weighted by atomic mass is 16.5. The van der Waals surface area contributed by atoms with Gasteiger partial charge in [0.2, 0.25) is 0 Å². The molecule has 1 aliphatic rings. The van der Waals surface area contributed by atoms with Crippen molar-refractivity contribution in [3.8, 4) is 11.5 Å². The van der Waals surface area contributed by atoms with E-state index >= 15 is 0 Å². The lowest BCUT2D eigenvalue weighted by molar-refractivity contribution is -0.139. The summed E-state index contributed by atoms with van der Waals surface area (Å²) in [5, 5.41) is 11.2. The molecule has 6 heteroatoms. The van der Waals surface area contributed by atoms with Gasteiger partial charge in [0.05, 0.1) is 25.3 Å². The number of ether oxygens (including phenoxy) is 2. The number of aliphatic hydroxyl groups excluding tert-OH is 1. The quantitative estimate of drug-likeness (QED) is 0.242. The second-order valence-corrected chi connectivity index (χ2v) is 7.85. The number of nitrogens with zero attached hydrogens (tertiary/aromatic N) is 1. The maximum Gasteiger partial charge on any atom is 0.295 e. The second-order valence-electron chi connectivity index (χ2n) is 7.85. The summed E-state index contributed by atoms with van der Waals surface area (Å²) in [6, 6.07) is 13.6. The molecule has 0 saturated carbocycles. The van der Waals surface area contributed by atoms with Crippen LogP contribution in [0.2, 0.25) is 0 Å². The number of likely N-dealkylation sites (tertiary alicyclic amines) is 1. The molecule has 32 heavy (non-hydrogen) atoms. The smallest absolute Gasteiger partial charge is 0.295 e. The molecule has 2 aromatic carbocycles. The van der Waals surface area contributed by atoms with Crippen LogP contribution in [0.5, 0.6) is 11.5 Å². The third-order valence-electron chi connectivity index (χ3n) is 5.53. The minimum absolute atomic E-state index is 0.0902. The monoisotopic (exact) mass is 437 g/mol. The first-order valence-corrected chi connectivity index (χ1v) is 11.2. The van der Waals surface area contributed by atoms with Gasteiger partial charge in [0.15, 0.2) is 0 Å². The predicted octanol–water partition coefficient (Wildman–Crippen LogP) is 5.10. The van der Waals surface area contributed by atoms with E-state index in [1.54, 1.807) is 48.4 Å². The van der Waals surface area contributed by atoms with Crippen LogP contribution in [-0.2, 0) is 9.59 Å². The SMILES string of the molecule is CCCCCN1C(=O)C(=O)/C(=C(\O)c2cccc(OCCC)c2)C1c1cccc(OC)c1. The minimum Gasteiger partial charge on any atom is -0.507 e. The molecule has 2 aromatic rings. The van der Waals surface area contributed by atoms with E-state index in [0.29, 0.717) is 30.2 Å². The van der Waals surface area contributed by atoms with Crippen molar-refractivity contribution in [2.24, 2.45) is 0 Å². The van der Waals surface area contributed by atoms with E-state index in [0.717, 1.165) is 31.2 Å². The van der Waals surface area contributed by atoms with Crippen molar-refractivity contribution >= 4 is 17.4 Å². The molecule has 1 unspecified atom stereocenters. The Kier molecular flexibility index (Phi) is 7.92. The van der Waals surface area contributed by atoms with Crippen LogP contribution in [0.4, 0.5) is 0 Å². The molecular weight excluding hydrogens is 406 g/mol. The first-order chi connectivity index (χ1) is 15.5. The van der Waals surface area contributed by atoms with Gasteiger partial charge in [-0.2, -0.15) is 0 Å². The number of hydrogen-bond donors (Lipinski definition) is 1. The van der Waals surface area contributed by atoms with Gasteiger partial charge >= 0.3 is 0 Å². The number of rotatable bonds is 10. The number of hydrogen-bond acceptors (Lipinski definition) is 5. The molecule has 0 aromatic heterocycles. The Hall–Kier alpha value is -3.28. The summed E-state index contributed by atoms with van der Waals surface area (Å²) in [6.45, 7) is 5.09. The van der Waals surface area contributed by atoms with Gasteiger partial charge in [0.1, 0.15) is 17.3 Å². The van der Waals surface area contributed by atoms with Gasteiger partial charge in [-0.25, -0.2) is 0 Å². The second kappa shape index (κ2) is 10.8. The third kappa shape index (κ3) is 4.96. The zero-order valence-corrected chi connectivity index (χ0v) is 19.0. The fraction of sp³-hybridized carbons (Fsp3) is 0.385. The average Bonchev–Trinajstić information content (AvgIpc) is 3.07. The van der Waals surface area contributed by atoms with Crippen LogP contribution in [0.25, 0.3) is 5.76 Å². The lowest BCUT2D eigenvalue weighted by atomic mass is 9.95. The van der Waals surface area contributed by atoms with Crippen LogP contribution in [0.1, 0.15) is 56.7 Å². The Balaban J connectivity index is 2.09. The summed E-state index contributed by atoms with van der Waals surface area (Å²) in [6.07, 6.45) is 3.59. The van der Waals surface area contributed by atoms with Crippen LogP contribution in [0, 0.1) is 0 Å². The molecule has 170 valence electrons. The van der Waals surface area contributed by atoms with Gasteiger partial charge in [-0.05, 0) is 42.7 Å². The van der Waals surface area contributed by atoms with E-state index in [-0.39, 0.29) is 11.3 Å². The first kappa shape index (κ1) is 23.4. The largest absolute Gasteiger partial charge is 0.507 e. The highest BCUT2D eigenvalue weighted by Crippen LogP contribution is 2.40. The summed E-state index contributed by atoms with van der Waals surface area (Å²) in [5.74, 6) is -0.237. The zero-order chi connectivity index (χ0) is 23.1. The fourth-order valence-corrected chi connectivity index (χ4v) is 3.91. The van der Waals surface area contributed by atoms with Crippen molar-refractivity contribution in [1.29, 1.82) is 0 Å². The lowest BCUT2D eigenvalue weighted by Crippen LogP contribution is -2.30. The highest BCUT2D eigenvalue weighted by Gasteiger charge is 2.45. The van der Waals surface area contributed by atoms with Crippen molar-refractivity contribution in [1.82, 2.24) is 4.90 Å². The molecule has 1 fully saturated rings. The van der Waals surface area contributed by atoms with Crippen LogP contribution >= 0.6 is 0 Å². The van der Waals surface area contributed by atoms with Gasteiger partial charge in [-0.15, -0.1) is 0 Å². The number of carbonyl (C=O) groups is 2. The fourth-order valence-electron chi connectivity index (χ4n) is 3.91. The Morgan fingerprint density at radius 3 is 2.47 bits per heavy atom. The first-order valence-electron chi connectivity index (χ1n) is 11.2. The molecule has 1 amide bonds. The Morgan fingerprint density at radius 1 is 1.00 bits per heavy atom. The van der Waals surface area contributed by atoms with Crippen LogP contribution < -0.4 is 9.47 Å². The van der Waals surface area contributed by atoms with Gasteiger partial charge in [0, 0.05) is 12.1 Å². The summed E-state index contributed by atoms with van der Waals surface area (Å²) in [4.78, 5) is 27.6. The number of carbonyl (C=O) groups excluding carboxylic acids is 2. The third-order valence-corrected chi connectivity index (χ3v) is 5.53. The van der Waals surface area contributed by atoms with Crippen molar-refractivity contribution in [2.75, 3.05) is 20.3 Å². The predicted molar refractivity (Wildman–Crippen MR) is 124 cm³/mol. The van der Waals surface area contributed by atoms with Crippen LogP contribution in [0.15, 0.2) is 54.1 Å². The molecule has 1 saturated heterocycles. The van der Waals surface area contributed by atoms with Gasteiger partial charge in [-0.3, -0.25) is 9.59 Å². The van der Waals surface area contributed by atoms with E-state index in [1.807, 2.05) is 19.1 Å². The zero-order valence-electron chi connectivity index (χ0n) is 19.0. The van der Waals surface area contributed by atoms with Crippen molar-refractivity contribution in [3.63, 3.8) is 0 Å². The highest BCUT2D eigenvalue weighted by molar-refractivity contribution is 6.46. The minimum atomic E-state index is -0.679. The molecule has 3 rings (SSSR count).